The van der Waals surface area contributed by atoms with Crippen LogP contribution in [-0.4, -0.2) is 24.2 Å². The van der Waals surface area contributed by atoms with Gasteiger partial charge < -0.3 is 10.4 Å². The first kappa shape index (κ1) is 15.0. The molecule has 0 unspecified atom stereocenters. The Kier molecular flexibility index (Phi) is 7.46. The van der Waals surface area contributed by atoms with E-state index in [4.69, 9.17) is 16.7 Å². The van der Waals surface area contributed by atoms with Gasteiger partial charge in [-0.1, -0.05) is 29.8 Å². The van der Waals surface area contributed by atoms with Gasteiger partial charge in [-0.2, -0.15) is 0 Å². The number of halogens is 1. The maximum absolute atomic E-state index is 11.6. The van der Waals surface area contributed by atoms with Crippen LogP contribution in [0, 0.1) is 0 Å². The zero-order valence-electron chi connectivity index (χ0n) is 10.5. The topological polar surface area (TPSA) is 49.3 Å². The highest BCUT2D eigenvalue weighted by molar-refractivity contribution is 6.31. The smallest absolute Gasteiger partial charge is 0.220 e. The fourth-order valence-corrected chi connectivity index (χ4v) is 1.91. The summed E-state index contributed by atoms with van der Waals surface area (Å²) in [4.78, 5) is 11.6. The normalized spacial score (nSPS) is 10.3. The van der Waals surface area contributed by atoms with Gasteiger partial charge in [0.15, 0.2) is 0 Å². The number of amides is 1. The van der Waals surface area contributed by atoms with Crippen LogP contribution in [0.2, 0.25) is 5.02 Å². The summed E-state index contributed by atoms with van der Waals surface area (Å²) in [6.45, 7) is 0.905. The van der Waals surface area contributed by atoms with Crippen LogP contribution >= 0.6 is 11.6 Å². The number of carbonyl (C=O) groups excluding carboxylic acids is 1. The molecule has 0 spiro atoms. The molecule has 0 bridgehead atoms. The second kappa shape index (κ2) is 8.95. The first-order chi connectivity index (χ1) is 8.74. The second-order valence-corrected chi connectivity index (χ2v) is 4.63. The number of unbranched alkanes of at least 4 members (excludes halogenated alkanes) is 2. The van der Waals surface area contributed by atoms with Gasteiger partial charge >= 0.3 is 0 Å². The fourth-order valence-electron chi connectivity index (χ4n) is 1.68. The molecule has 0 fully saturated rings. The molecule has 0 radical (unpaired) electrons. The highest BCUT2D eigenvalue weighted by atomic mass is 35.5. The molecule has 0 aromatic heterocycles. The average Bonchev–Trinajstić information content (AvgIpc) is 2.37. The monoisotopic (exact) mass is 269 g/mol. The van der Waals surface area contributed by atoms with Crippen molar-refractivity contribution in [2.45, 2.75) is 32.1 Å². The highest BCUT2D eigenvalue weighted by Crippen LogP contribution is 2.16. The number of aliphatic hydroxyl groups excluding tert-OH is 1. The van der Waals surface area contributed by atoms with Crippen molar-refractivity contribution in [3.05, 3.63) is 34.9 Å². The molecule has 0 atom stereocenters. The lowest BCUT2D eigenvalue weighted by molar-refractivity contribution is -0.121. The van der Waals surface area contributed by atoms with E-state index in [1.54, 1.807) is 0 Å². The van der Waals surface area contributed by atoms with E-state index < -0.39 is 0 Å². The molecular formula is C14H20ClNO2. The van der Waals surface area contributed by atoms with Crippen molar-refractivity contribution in [3.63, 3.8) is 0 Å². The van der Waals surface area contributed by atoms with E-state index >= 15 is 0 Å². The van der Waals surface area contributed by atoms with Crippen LogP contribution in [0.1, 0.15) is 31.2 Å². The standard InChI is InChI=1S/C14H20ClNO2/c15-13-7-3-2-6-12(13)8-9-14(18)16-10-4-1-5-11-17/h2-3,6-7,17H,1,4-5,8-11H2,(H,16,18). The molecule has 0 aliphatic carbocycles. The van der Waals surface area contributed by atoms with Gasteiger partial charge in [0.1, 0.15) is 0 Å². The average molecular weight is 270 g/mol. The predicted octanol–water partition coefficient (Wildman–Crippen LogP) is 2.55. The lowest BCUT2D eigenvalue weighted by Gasteiger charge is -2.06. The lowest BCUT2D eigenvalue weighted by atomic mass is 10.1. The summed E-state index contributed by atoms with van der Waals surface area (Å²) in [5, 5.41) is 12.2. The number of hydrogen-bond acceptors (Lipinski definition) is 2. The quantitative estimate of drug-likeness (QED) is 0.713. The van der Waals surface area contributed by atoms with Gasteiger partial charge in [0, 0.05) is 24.6 Å². The first-order valence-corrected chi connectivity index (χ1v) is 6.73. The minimum Gasteiger partial charge on any atom is -0.396 e. The molecule has 3 nitrogen and oxygen atoms in total. The summed E-state index contributed by atoms with van der Waals surface area (Å²) in [6.07, 6.45) is 3.79. The Bertz CT molecular complexity index is 369. The zero-order valence-corrected chi connectivity index (χ0v) is 11.2. The van der Waals surface area contributed by atoms with Crippen LogP contribution in [0.5, 0.6) is 0 Å². The minimum atomic E-state index is 0.0546. The Morgan fingerprint density at radius 2 is 2.00 bits per heavy atom. The van der Waals surface area contributed by atoms with E-state index in [-0.39, 0.29) is 12.5 Å². The van der Waals surface area contributed by atoms with Gasteiger partial charge in [-0.3, -0.25) is 4.79 Å². The maximum Gasteiger partial charge on any atom is 0.220 e. The number of benzene rings is 1. The zero-order chi connectivity index (χ0) is 13.2. The summed E-state index contributed by atoms with van der Waals surface area (Å²) in [5.74, 6) is 0.0546. The summed E-state index contributed by atoms with van der Waals surface area (Å²) < 4.78 is 0. The number of hydrogen-bond donors (Lipinski definition) is 2. The Morgan fingerprint density at radius 3 is 2.72 bits per heavy atom. The van der Waals surface area contributed by atoms with E-state index in [9.17, 15) is 4.79 Å². The Hall–Kier alpha value is -1.06. The first-order valence-electron chi connectivity index (χ1n) is 6.35. The van der Waals surface area contributed by atoms with Gasteiger partial charge in [0.05, 0.1) is 0 Å². The van der Waals surface area contributed by atoms with Crippen LogP contribution in [0.25, 0.3) is 0 Å². The van der Waals surface area contributed by atoms with Crippen molar-refractivity contribution in [2.24, 2.45) is 0 Å². The summed E-state index contributed by atoms with van der Waals surface area (Å²) in [7, 11) is 0. The Morgan fingerprint density at radius 1 is 1.22 bits per heavy atom. The highest BCUT2D eigenvalue weighted by Gasteiger charge is 2.04. The van der Waals surface area contributed by atoms with Crippen LogP contribution in [-0.2, 0) is 11.2 Å². The molecule has 0 aliphatic heterocycles. The SMILES string of the molecule is O=C(CCc1ccccc1Cl)NCCCCCO. The van der Waals surface area contributed by atoms with E-state index in [0.29, 0.717) is 24.4 Å². The molecule has 0 saturated heterocycles. The molecule has 0 heterocycles. The molecule has 1 aromatic rings. The van der Waals surface area contributed by atoms with Gasteiger partial charge in [-0.05, 0) is 37.3 Å². The fraction of sp³-hybridized carbons (Fsp3) is 0.500. The molecule has 18 heavy (non-hydrogen) atoms. The van der Waals surface area contributed by atoms with Crippen molar-refractivity contribution in [1.82, 2.24) is 5.32 Å². The van der Waals surface area contributed by atoms with Crippen molar-refractivity contribution in [1.29, 1.82) is 0 Å². The molecule has 100 valence electrons. The van der Waals surface area contributed by atoms with Gasteiger partial charge in [0.25, 0.3) is 0 Å². The van der Waals surface area contributed by atoms with Gasteiger partial charge in [0.2, 0.25) is 5.91 Å². The number of aliphatic hydroxyl groups is 1. The third kappa shape index (κ3) is 6.03. The van der Waals surface area contributed by atoms with Crippen molar-refractivity contribution >= 4 is 17.5 Å². The Labute approximate surface area is 113 Å². The van der Waals surface area contributed by atoms with Crippen LogP contribution in [0.3, 0.4) is 0 Å². The summed E-state index contributed by atoms with van der Waals surface area (Å²) >= 11 is 6.01. The predicted molar refractivity (Wildman–Crippen MR) is 73.7 cm³/mol. The number of nitrogens with one attached hydrogen (secondary N) is 1. The molecular weight excluding hydrogens is 250 g/mol. The van der Waals surface area contributed by atoms with Crippen molar-refractivity contribution in [2.75, 3.05) is 13.2 Å². The van der Waals surface area contributed by atoms with E-state index in [2.05, 4.69) is 5.32 Å². The van der Waals surface area contributed by atoms with Gasteiger partial charge in [-0.15, -0.1) is 0 Å². The molecule has 0 saturated carbocycles. The Balaban J connectivity index is 2.15. The van der Waals surface area contributed by atoms with E-state index in [0.717, 1.165) is 24.8 Å². The van der Waals surface area contributed by atoms with E-state index in [1.807, 2.05) is 24.3 Å². The van der Waals surface area contributed by atoms with Gasteiger partial charge in [-0.25, -0.2) is 0 Å². The molecule has 4 heteroatoms. The van der Waals surface area contributed by atoms with Crippen molar-refractivity contribution in [3.8, 4) is 0 Å². The third-order valence-electron chi connectivity index (χ3n) is 2.74. The van der Waals surface area contributed by atoms with Crippen LogP contribution in [0.4, 0.5) is 0 Å². The molecule has 0 aliphatic rings. The summed E-state index contributed by atoms with van der Waals surface area (Å²) in [6, 6.07) is 7.58. The van der Waals surface area contributed by atoms with Crippen LogP contribution < -0.4 is 5.32 Å². The van der Waals surface area contributed by atoms with Crippen LogP contribution in [0.15, 0.2) is 24.3 Å². The summed E-state index contributed by atoms with van der Waals surface area (Å²) in [5.41, 5.74) is 1.01. The number of carbonyl (C=O) groups is 1. The molecule has 1 aromatic carbocycles. The number of rotatable bonds is 8. The second-order valence-electron chi connectivity index (χ2n) is 4.23. The lowest BCUT2D eigenvalue weighted by Crippen LogP contribution is -2.24. The van der Waals surface area contributed by atoms with Crippen molar-refractivity contribution < 1.29 is 9.90 Å². The molecule has 1 amide bonds. The minimum absolute atomic E-state index is 0.0546. The maximum atomic E-state index is 11.6. The largest absolute Gasteiger partial charge is 0.396 e. The number of aryl methyl sites for hydroxylation is 1. The molecule has 2 N–H and O–H groups in total. The molecule has 1 rings (SSSR count). The van der Waals surface area contributed by atoms with E-state index in [1.165, 1.54) is 0 Å². The third-order valence-corrected chi connectivity index (χ3v) is 3.11.